The van der Waals surface area contributed by atoms with E-state index in [9.17, 15) is 14.0 Å². The number of carbonyl (C=O) groups excluding carboxylic acids is 2. The van der Waals surface area contributed by atoms with E-state index in [0.717, 1.165) is 0 Å². The van der Waals surface area contributed by atoms with Gasteiger partial charge in [0.1, 0.15) is 19.0 Å². The molecule has 0 unspecified atom stereocenters. The fraction of sp³-hybridized carbons (Fsp3) is 0.263. The summed E-state index contributed by atoms with van der Waals surface area (Å²) in [5.41, 5.74) is 1.06. The number of nitrogens with one attached hydrogen (secondary N) is 1. The zero-order valence-electron chi connectivity index (χ0n) is 13.9. The molecule has 0 saturated carbocycles. The number of rotatable bonds is 3. The molecule has 4 rings (SSSR count). The van der Waals surface area contributed by atoms with Crippen LogP contribution in [0.25, 0.3) is 0 Å². The van der Waals surface area contributed by atoms with E-state index in [-0.39, 0.29) is 24.3 Å². The molecule has 2 aromatic rings. The van der Waals surface area contributed by atoms with E-state index < -0.39 is 5.82 Å². The average molecular weight is 356 g/mol. The molecule has 2 aliphatic rings. The molecular weight excluding hydrogens is 339 g/mol. The zero-order chi connectivity index (χ0) is 18.1. The van der Waals surface area contributed by atoms with Gasteiger partial charge in [-0.3, -0.25) is 9.59 Å². The lowest BCUT2D eigenvalue weighted by atomic mass is 10.2. The summed E-state index contributed by atoms with van der Waals surface area (Å²) >= 11 is 0. The molecule has 1 saturated heterocycles. The molecule has 0 bridgehead atoms. The third-order valence-corrected chi connectivity index (χ3v) is 4.40. The van der Waals surface area contributed by atoms with E-state index in [1.54, 1.807) is 23.1 Å². The lowest BCUT2D eigenvalue weighted by molar-refractivity contribution is -0.117. The summed E-state index contributed by atoms with van der Waals surface area (Å²) in [6.07, 6.45) is 0.210. The molecular formula is C19H17FN2O4. The zero-order valence-corrected chi connectivity index (χ0v) is 13.9. The van der Waals surface area contributed by atoms with Gasteiger partial charge < -0.3 is 19.7 Å². The number of hydrogen-bond acceptors (Lipinski definition) is 4. The first-order chi connectivity index (χ1) is 12.6. The van der Waals surface area contributed by atoms with E-state index in [1.165, 1.54) is 24.3 Å². The Kier molecular flexibility index (Phi) is 4.20. The molecule has 0 aliphatic carbocycles. The first-order valence-corrected chi connectivity index (χ1v) is 8.36. The van der Waals surface area contributed by atoms with Crippen molar-refractivity contribution in [3.63, 3.8) is 0 Å². The van der Waals surface area contributed by atoms with E-state index in [1.807, 2.05) is 0 Å². The Morgan fingerprint density at radius 1 is 1.08 bits per heavy atom. The number of ether oxygens (including phenoxy) is 2. The van der Waals surface area contributed by atoms with Crippen LogP contribution < -0.4 is 19.7 Å². The maximum absolute atomic E-state index is 13.0. The van der Waals surface area contributed by atoms with Crippen LogP contribution in [0.1, 0.15) is 16.8 Å². The predicted molar refractivity (Wildman–Crippen MR) is 92.1 cm³/mol. The minimum atomic E-state index is -0.401. The summed E-state index contributed by atoms with van der Waals surface area (Å²) in [6.45, 7) is 1.35. The minimum absolute atomic E-state index is 0.0777. The summed E-state index contributed by atoms with van der Waals surface area (Å²) in [4.78, 5) is 26.2. The maximum Gasteiger partial charge on any atom is 0.251 e. The normalized spacial score (nSPS) is 18.7. The monoisotopic (exact) mass is 356 g/mol. The second-order valence-corrected chi connectivity index (χ2v) is 6.21. The largest absolute Gasteiger partial charge is 0.486 e. The van der Waals surface area contributed by atoms with Crippen LogP contribution in [0.5, 0.6) is 11.5 Å². The van der Waals surface area contributed by atoms with Crippen LogP contribution in [0.3, 0.4) is 0 Å². The van der Waals surface area contributed by atoms with Gasteiger partial charge in [-0.25, -0.2) is 4.39 Å². The molecule has 2 heterocycles. The van der Waals surface area contributed by atoms with Crippen molar-refractivity contribution in [3.05, 3.63) is 53.8 Å². The van der Waals surface area contributed by atoms with Crippen LogP contribution in [-0.2, 0) is 4.79 Å². The summed E-state index contributed by atoms with van der Waals surface area (Å²) in [6, 6.07) is 10.3. The SMILES string of the molecule is O=C(N[C@@H]1CC(=O)N(c2ccc3c(c2)OCCO3)C1)c1ccc(F)cc1. The smallest absolute Gasteiger partial charge is 0.251 e. The van der Waals surface area contributed by atoms with Crippen LogP contribution >= 0.6 is 0 Å². The van der Waals surface area contributed by atoms with Gasteiger partial charge in [0, 0.05) is 30.3 Å². The van der Waals surface area contributed by atoms with Crippen molar-refractivity contribution >= 4 is 17.5 Å². The van der Waals surface area contributed by atoms with Crippen LogP contribution in [0.4, 0.5) is 10.1 Å². The molecule has 2 aliphatic heterocycles. The Morgan fingerprint density at radius 2 is 1.81 bits per heavy atom. The highest BCUT2D eigenvalue weighted by Crippen LogP contribution is 2.35. The topological polar surface area (TPSA) is 67.9 Å². The lowest BCUT2D eigenvalue weighted by Crippen LogP contribution is -2.37. The molecule has 1 fully saturated rings. The Balaban J connectivity index is 1.45. The number of fused-ring (bicyclic) bond motifs is 1. The van der Waals surface area contributed by atoms with Gasteiger partial charge in [-0.1, -0.05) is 0 Å². The maximum atomic E-state index is 13.0. The van der Waals surface area contributed by atoms with Crippen LogP contribution in [0, 0.1) is 5.82 Å². The van der Waals surface area contributed by atoms with E-state index in [2.05, 4.69) is 5.32 Å². The van der Waals surface area contributed by atoms with Crippen molar-refractivity contribution in [2.75, 3.05) is 24.7 Å². The predicted octanol–water partition coefficient (Wildman–Crippen LogP) is 2.13. The molecule has 1 N–H and O–H groups in total. The average Bonchev–Trinajstić information content (AvgIpc) is 3.02. The minimum Gasteiger partial charge on any atom is -0.486 e. The molecule has 0 spiro atoms. The summed E-state index contributed by atoms with van der Waals surface area (Å²) in [7, 11) is 0. The van der Waals surface area contributed by atoms with Crippen molar-refractivity contribution < 1.29 is 23.5 Å². The Labute approximate surface area is 149 Å². The quantitative estimate of drug-likeness (QED) is 0.915. The van der Waals surface area contributed by atoms with E-state index in [4.69, 9.17) is 9.47 Å². The summed E-state index contributed by atoms with van der Waals surface area (Å²) < 4.78 is 24.0. The Morgan fingerprint density at radius 3 is 2.58 bits per heavy atom. The standard InChI is InChI=1S/C19H17FN2O4/c20-13-3-1-12(2-4-13)19(24)21-14-9-18(23)22(11-14)15-5-6-16-17(10-15)26-8-7-25-16/h1-6,10,14H,7-9,11H2,(H,21,24)/t14-/m1/s1. The second kappa shape index (κ2) is 6.67. The first-order valence-electron chi connectivity index (χ1n) is 8.36. The van der Waals surface area contributed by atoms with Crippen LogP contribution in [-0.4, -0.2) is 37.6 Å². The third kappa shape index (κ3) is 3.20. The van der Waals surface area contributed by atoms with Crippen molar-refractivity contribution in [3.8, 4) is 11.5 Å². The van der Waals surface area contributed by atoms with Crippen molar-refractivity contribution in [1.29, 1.82) is 0 Å². The fourth-order valence-electron chi connectivity index (χ4n) is 3.12. The van der Waals surface area contributed by atoms with Crippen molar-refractivity contribution in [2.45, 2.75) is 12.5 Å². The van der Waals surface area contributed by atoms with Gasteiger partial charge in [-0.15, -0.1) is 0 Å². The van der Waals surface area contributed by atoms with Crippen LogP contribution in [0.15, 0.2) is 42.5 Å². The number of hydrogen-bond donors (Lipinski definition) is 1. The van der Waals surface area contributed by atoms with Gasteiger partial charge in [0.2, 0.25) is 5.91 Å². The number of anilines is 1. The van der Waals surface area contributed by atoms with Gasteiger partial charge in [0.25, 0.3) is 5.91 Å². The molecule has 1 atom stereocenters. The van der Waals surface area contributed by atoms with E-state index in [0.29, 0.717) is 42.5 Å². The van der Waals surface area contributed by atoms with E-state index >= 15 is 0 Å². The lowest BCUT2D eigenvalue weighted by Gasteiger charge is -2.22. The summed E-state index contributed by atoms with van der Waals surface area (Å²) in [5, 5.41) is 2.83. The summed E-state index contributed by atoms with van der Waals surface area (Å²) in [5.74, 6) is 0.466. The Hall–Kier alpha value is -3.09. The highest BCUT2D eigenvalue weighted by Gasteiger charge is 2.32. The number of carbonyl (C=O) groups is 2. The highest BCUT2D eigenvalue weighted by molar-refractivity contribution is 5.99. The Bertz CT molecular complexity index is 853. The number of amides is 2. The third-order valence-electron chi connectivity index (χ3n) is 4.40. The fourth-order valence-corrected chi connectivity index (χ4v) is 3.12. The molecule has 0 aromatic heterocycles. The molecule has 2 aromatic carbocycles. The van der Waals surface area contributed by atoms with Crippen LogP contribution in [0.2, 0.25) is 0 Å². The number of nitrogens with zero attached hydrogens (tertiary/aromatic N) is 1. The van der Waals surface area contributed by atoms with Gasteiger partial charge in [0.05, 0.1) is 6.04 Å². The van der Waals surface area contributed by atoms with Gasteiger partial charge in [-0.05, 0) is 36.4 Å². The molecule has 134 valence electrons. The highest BCUT2D eigenvalue weighted by atomic mass is 19.1. The van der Waals surface area contributed by atoms with Gasteiger partial charge in [-0.2, -0.15) is 0 Å². The first kappa shape index (κ1) is 16.4. The van der Waals surface area contributed by atoms with Crippen molar-refractivity contribution in [2.24, 2.45) is 0 Å². The number of benzene rings is 2. The molecule has 0 radical (unpaired) electrons. The molecule has 2 amide bonds. The number of halogens is 1. The van der Waals surface area contributed by atoms with Gasteiger partial charge >= 0.3 is 0 Å². The van der Waals surface area contributed by atoms with Crippen molar-refractivity contribution in [1.82, 2.24) is 5.32 Å². The molecule has 6 nitrogen and oxygen atoms in total. The molecule has 7 heteroatoms. The second-order valence-electron chi connectivity index (χ2n) is 6.21. The molecule has 26 heavy (non-hydrogen) atoms. The van der Waals surface area contributed by atoms with Gasteiger partial charge in [0.15, 0.2) is 11.5 Å².